The molecule has 35 heavy (non-hydrogen) atoms. The van der Waals surface area contributed by atoms with Gasteiger partial charge in [-0.3, -0.25) is 4.79 Å². The molecule has 6 nitrogen and oxygen atoms in total. The molecule has 0 spiro atoms. The third-order valence-corrected chi connectivity index (χ3v) is 8.78. The van der Waals surface area contributed by atoms with Crippen LogP contribution in [-0.4, -0.2) is 21.3 Å². The van der Waals surface area contributed by atoms with E-state index in [4.69, 9.17) is 10.5 Å². The van der Waals surface area contributed by atoms with Gasteiger partial charge in [-0.2, -0.15) is 0 Å². The zero-order chi connectivity index (χ0) is 25.3. The lowest BCUT2D eigenvalue weighted by molar-refractivity contribution is 0.104. The van der Waals surface area contributed by atoms with Gasteiger partial charge in [-0.15, -0.1) is 11.3 Å². The van der Waals surface area contributed by atoms with E-state index in [-0.39, 0.29) is 26.1 Å². The van der Waals surface area contributed by atoms with Crippen molar-refractivity contribution in [1.29, 1.82) is 0 Å². The minimum atomic E-state index is -4.02. The molecule has 1 aromatic heterocycles. The lowest BCUT2D eigenvalue weighted by Gasteiger charge is -2.12. The summed E-state index contributed by atoms with van der Waals surface area (Å²) in [5.74, 6) is 0.146. The van der Waals surface area contributed by atoms with E-state index in [1.54, 1.807) is 48.5 Å². The normalized spacial score (nSPS) is 11.3. The minimum Gasteiger partial charge on any atom is -0.497 e. The Morgan fingerprint density at radius 1 is 0.943 bits per heavy atom. The summed E-state index contributed by atoms with van der Waals surface area (Å²) in [6.07, 6.45) is 0. The van der Waals surface area contributed by atoms with E-state index in [0.29, 0.717) is 16.3 Å². The van der Waals surface area contributed by atoms with Crippen molar-refractivity contribution >= 4 is 43.3 Å². The topological polar surface area (TPSA) is 98.5 Å². The zero-order valence-corrected chi connectivity index (χ0v) is 21.5. The van der Waals surface area contributed by atoms with Crippen LogP contribution in [0.3, 0.4) is 0 Å². The molecule has 0 atom stereocenters. The number of hydrogen-bond acceptors (Lipinski definition) is 7. The number of thiophene rings is 1. The fourth-order valence-electron chi connectivity index (χ4n) is 3.67. The lowest BCUT2D eigenvalue weighted by atomic mass is 10.1. The molecule has 0 unspecified atom stereocenters. The molecular formula is C27H26N2O4S2. The molecule has 0 saturated carbocycles. The van der Waals surface area contributed by atoms with Gasteiger partial charge < -0.3 is 15.8 Å². The van der Waals surface area contributed by atoms with Crippen molar-refractivity contribution in [3.05, 3.63) is 93.9 Å². The summed E-state index contributed by atoms with van der Waals surface area (Å²) in [7, 11) is -2.51. The van der Waals surface area contributed by atoms with Crippen LogP contribution in [0, 0.1) is 20.8 Å². The van der Waals surface area contributed by atoms with Crippen molar-refractivity contribution < 1.29 is 17.9 Å². The lowest BCUT2D eigenvalue weighted by Crippen LogP contribution is -2.08. The average Bonchev–Trinajstić information content (AvgIpc) is 3.17. The zero-order valence-electron chi connectivity index (χ0n) is 19.9. The fourth-order valence-corrected chi connectivity index (χ4v) is 6.60. The molecule has 180 valence electrons. The Morgan fingerprint density at radius 2 is 1.63 bits per heavy atom. The van der Waals surface area contributed by atoms with Crippen LogP contribution in [0.4, 0.5) is 16.4 Å². The number of aryl methyl sites for hydroxylation is 3. The quantitative estimate of drug-likeness (QED) is 0.295. The number of ketones is 1. The van der Waals surface area contributed by atoms with Crippen molar-refractivity contribution in [3.63, 3.8) is 0 Å². The van der Waals surface area contributed by atoms with Gasteiger partial charge in [0, 0.05) is 11.3 Å². The van der Waals surface area contributed by atoms with E-state index in [1.807, 2.05) is 39.0 Å². The molecule has 0 amide bonds. The number of ether oxygens (including phenoxy) is 1. The Balaban J connectivity index is 1.90. The van der Waals surface area contributed by atoms with E-state index in [9.17, 15) is 13.2 Å². The summed E-state index contributed by atoms with van der Waals surface area (Å²) >= 11 is 1.03. The van der Waals surface area contributed by atoms with Crippen LogP contribution in [0.2, 0.25) is 0 Å². The molecule has 0 saturated heterocycles. The Kier molecular flexibility index (Phi) is 6.69. The number of carbonyl (C=O) groups is 1. The highest BCUT2D eigenvalue weighted by atomic mass is 32.2. The maximum absolute atomic E-state index is 13.8. The number of rotatable bonds is 7. The van der Waals surface area contributed by atoms with Crippen LogP contribution < -0.4 is 15.8 Å². The van der Waals surface area contributed by atoms with E-state index >= 15 is 0 Å². The number of nitrogens with two attached hydrogens (primary N) is 1. The number of sulfone groups is 1. The number of benzene rings is 3. The molecule has 4 aromatic rings. The van der Waals surface area contributed by atoms with Gasteiger partial charge in [0.2, 0.25) is 15.6 Å². The van der Waals surface area contributed by atoms with Crippen molar-refractivity contribution in [2.45, 2.75) is 30.6 Å². The monoisotopic (exact) mass is 506 g/mol. The van der Waals surface area contributed by atoms with E-state index < -0.39 is 9.84 Å². The minimum absolute atomic E-state index is 0.0730. The highest BCUT2D eigenvalue weighted by Crippen LogP contribution is 2.44. The smallest absolute Gasteiger partial charge is 0.211 e. The fraction of sp³-hybridized carbons (Fsp3) is 0.148. The van der Waals surface area contributed by atoms with Crippen LogP contribution in [0.25, 0.3) is 0 Å². The van der Waals surface area contributed by atoms with E-state index in [0.717, 1.165) is 33.7 Å². The third-order valence-electron chi connectivity index (χ3n) is 5.68. The molecule has 0 bridgehead atoms. The summed E-state index contributed by atoms with van der Waals surface area (Å²) in [6, 6.07) is 19.1. The molecule has 3 aromatic carbocycles. The maximum atomic E-state index is 13.8. The van der Waals surface area contributed by atoms with Crippen LogP contribution in [-0.2, 0) is 9.84 Å². The van der Waals surface area contributed by atoms with Gasteiger partial charge in [-0.05, 0) is 62.2 Å². The molecule has 0 aliphatic carbocycles. The number of nitrogens with one attached hydrogen (secondary N) is 1. The number of hydrogen-bond donors (Lipinski definition) is 2. The maximum Gasteiger partial charge on any atom is 0.211 e. The van der Waals surface area contributed by atoms with Crippen LogP contribution in [0.15, 0.2) is 76.5 Å². The van der Waals surface area contributed by atoms with Crippen molar-refractivity contribution in [3.8, 4) is 5.75 Å². The van der Waals surface area contributed by atoms with Gasteiger partial charge in [0.05, 0.1) is 17.7 Å². The van der Waals surface area contributed by atoms with E-state index in [2.05, 4.69) is 5.32 Å². The van der Waals surface area contributed by atoms with Gasteiger partial charge in [0.25, 0.3) is 0 Å². The molecule has 0 radical (unpaired) electrons. The third kappa shape index (κ3) is 4.80. The van der Waals surface area contributed by atoms with Gasteiger partial charge in [-0.1, -0.05) is 42.0 Å². The van der Waals surface area contributed by atoms with Gasteiger partial charge in [0.15, 0.2) is 0 Å². The predicted octanol–water partition coefficient (Wildman–Crippen LogP) is 6.07. The summed E-state index contributed by atoms with van der Waals surface area (Å²) in [5, 5.41) is 3.54. The first-order chi connectivity index (χ1) is 16.6. The second kappa shape index (κ2) is 9.56. The first-order valence-corrected chi connectivity index (χ1v) is 13.2. The highest BCUT2D eigenvalue weighted by molar-refractivity contribution is 7.92. The second-order valence-corrected chi connectivity index (χ2v) is 11.2. The summed E-state index contributed by atoms with van der Waals surface area (Å²) in [5.41, 5.74) is 10.3. The summed E-state index contributed by atoms with van der Waals surface area (Å²) in [6.45, 7) is 5.76. The average molecular weight is 507 g/mol. The number of carbonyl (C=O) groups excluding carboxylic acids is 1. The molecular weight excluding hydrogens is 480 g/mol. The number of methoxy groups -OCH3 is 1. The van der Waals surface area contributed by atoms with Crippen LogP contribution >= 0.6 is 11.3 Å². The van der Waals surface area contributed by atoms with Gasteiger partial charge in [0.1, 0.15) is 20.5 Å². The van der Waals surface area contributed by atoms with Gasteiger partial charge >= 0.3 is 0 Å². The number of anilines is 3. The van der Waals surface area contributed by atoms with Crippen molar-refractivity contribution in [1.82, 2.24) is 0 Å². The Hall–Kier alpha value is -3.62. The second-order valence-electron chi connectivity index (χ2n) is 8.32. The summed E-state index contributed by atoms with van der Waals surface area (Å²) in [4.78, 5) is 13.6. The van der Waals surface area contributed by atoms with Crippen LogP contribution in [0.1, 0.15) is 31.9 Å². The molecule has 4 rings (SSSR count). The first kappa shape index (κ1) is 24.5. The van der Waals surface area contributed by atoms with E-state index in [1.165, 1.54) is 7.11 Å². The van der Waals surface area contributed by atoms with Crippen molar-refractivity contribution in [2.75, 3.05) is 18.2 Å². The molecule has 0 aliphatic rings. The number of nitrogen functional groups attached to an aromatic ring is 1. The highest BCUT2D eigenvalue weighted by Gasteiger charge is 2.32. The molecule has 0 aliphatic heterocycles. The molecule has 3 N–H and O–H groups in total. The SMILES string of the molecule is COc1cccc(C(=O)c2sc(Nc3cc(C)ccc3C)c(S(=O)(=O)c3ccc(C)cc3)c2N)c1. The van der Waals surface area contributed by atoms with Crippen LogP contribution in [0.5, 0.6) is 5.75 Å². The molecule has 1 heterocycles. The Bertz CT molecular complexity index is 1520. The molecule has 0 fully saturated rings. The first-order valence-electron chi connectivity index (χ1n) is 10.9. The largest absolute Gasteiger partial charge is 0.497 e. The van der Waals surface area contributed by atoms with Crippen molar-refractivity contribution in [2.24, 2.45) is 0 Å². The predicted molar refractivity (Wildman–Crippen MR) is 141 cm³/mol. The Morgan fingerprint density at radius 3 is 2.31 bits per heavy atom. The molecule has 8 heteroatoms. The standard InChI is InChI=1S/C27H26N2O4S2/c1-16-9-12-21(13-10-16)35(31,32)26-23(28)25(24(30)19-6-5-7-20(15-19)33-4)34-27(26)29-22-14-17(2)8-11-18(22)3/h5-15,29H,28H2,1-4H3. The van der Waals surface area contributed by atoms with Gasteiger partial charge in [-0.25, -0.2) is 8.42 Å². The summed E-state index contributed by atoms with van der Waals surface area (Å²) < 4.78 is 32.8. The Labute approximate surface area is 209 Å².